The maximum Gasteiger partial charge on any atom is 0.0952 e. The van der Waals surface area contributed by atoms with Crippen molar-refractivity contribution in [1.82, 2.24) is 5.32 Å². The summed E-state index contributed by atoms with van der Waals surface area (Å²) in [5.74, 6) is 0. The molecule has 2 nitrogen and oxygen atoms in total. The predicted octanol–water partition coefficient (Wildman–Crippen LogP) is 1.82. The van der Waals surface area contributed by atoms with Gasteiger partial charge in [-0.2, -0.15) is 5.26 Å². The molecule has 0 spiro atoms. The van der Waals surface area contributed by atoms with Crippen LogP contribution in [0.4, 0.5) is 0 Å². The number of hydrogen-bond acceptors (Lipinski definition) is 2. The number of nitriles is 1. The van der Waals surface area contributed by atoms with E-state index in [1.165, 1.54) is 32.1 Å². The van der Waals surface area contributed by atoms with Crippen LogP contribution in [0.5, 0.6) is 0 Å². The third-order valence-electron chi connectivity index (χ3n) is 2.22. The van der Waals surface area contributed by atoms with Crippen molar-refractivity contribution in [3.8, 4) is 6.07 Å². The van der Waals surface area contributed by atoms with Gasteiger partial charge in [0.15, 0.2) is 0 Å². The Morgan fingerprint density at radius 3 is 2.64 bits per heavy atom. The van der Waals surface area contributed by atoms with Crippen molar-refractivity contribution in [2.24, 2.45) is 0 Å². The second-order valence-corrected chi connectivity index (χ2v) is 3.19. The van der Waals surface area contributed by atoms with E-state index in [2.05, 4.69) is 11.4 Å². The summed E-state index contributed by atoms with van der Waals surface area (Å²) in [6.07, 6.45) is 7.46. The Labute approximate surface area is 68.6 Å². The molecular formula is C9H16N2. The Morgan fingerprint density at radius 2 is 1.82 bits per heavy atom. The lowest BCUT2D eigenvalue weighted by molar-refractivity contribution is 0.554. The van der Waals surface area contributed by atoms with Crippen LogP contribution in [0.3, 0.4) is 0 Å². The second-order valence-electron chi connectivity index (χ2n) is 3.19. The number of nitrogens with one attached hydrogen (secondary N) is 1. The molecule has 2 heteroatoms. The molecule has 0 saturated carbocycles. The van der Waals surface area contributed by atoms with Crippen LogP contribution in [0.25, 0.3) is 0 Å². The molecule has 11 heavy (non-hydrogen) atoms. The van der Waals surface area contributed by atoms with E-state index in [0.29, 0.717) is 0 Å². The van der Waals surface area contributed by atoms with Crippen LogP contribution < -0.4 is 5.32 Å². The number of rotatable bonds is 0. The lowest BCUT2D eigenvalue weighted by Crippen LogP contribution is -2.27. The molecule has 1 saturated heterocycles. The van der Waals surface area contributed by atoms with Gasteiger partial charge in [-0.05, 0) is 19.4 Å². The van der Waals surface area contributed by atoms with Gasteiger partial charge in [-0.25, -0.2) is 0 Å². The minimum Gasteiger partial charge on any atom is -0.302 e. The van der Waals surface area contributed by atoms with Crippen LogP contribution in [0, 0.1) is 11.3 Å². The van der Waals surface area contributed by atoms with E-state index in [4.69, 9.17) is 5.26 Å². The molecule has 1 unspecified atom stereocenters. The normalized spacial score (nSPS) is 27.7. The summed E-state index contributed by atoms with van der Waals surface area (Å²) in [4.78, 5) is 0. The van der Waals surface area contributed by atoms with Gasteiger partial charge in [-0.15, -0.1) is 0 Å². The zero-order chi connectivity index (χ0) is 7.94. The molecule has 0 amide bonds. The lowest BCUT2D eigenvalue weighted by Gasteiger charge is -2.07. The number of nitrogens with zero attached hydrogens (tertiary/aromatic N) is 1. The fourth-order valence-electron chi connectivity index (χ4n) is 1.49. The van der Waals surface area contributed by atoms with Gasteiger partial charge in [0.2, 0.25) is 0 Å². The van der Waals surface area contributed by atoms with Crippen LogP contribution in [0.2, 0.25) is 0 Å². The summed E-state index contributed by atoms with van der Waals surface area (Å²) in [6, 6.07) is 2.41. The first kappa shape index (κ1) is 8.55. The standard InChI is InChI=1S/C9H16N2/c10-8-9-6-4-2-1-3-5-7-11-9/h9,11H,1-7H2. The fourth-order valence-corrected chi connectivity index (χ4v) is 1.49. The molecule has 1 heterocycles. The van der Waals surface area contributed by atoms with Crippen molar-refractivity contribution < 1.29 is 0 Å². The minimum atomic E-state index is 0.119. The van der Waals surface area contributed by atoms with Gasteiger partial charge in [0, 0.05) is 0 Å². The highest BCUT2D eigenvalue weighted by atomic mass is 14.9. The van der Waals surface area contributed by atoms with E-state index < -0.39 is 0 Å². The third-order valence-corrected chi connectivity index (χ3v) is 2.22. The maximum atomic E-state index is 8.69. The predicted molar refractivity (Wildman–Crippen MR) is 45.1 cm³/mol. The maximum absolute atomic E-state index is 8.69. The van der Waals surface area contributed by atoms with E-state index in [9.17, 15) is 0 Å². The minimum absolute atomic E-state index is 0.119. The van der Waals surface area contributed by atoms with E-state index in [1.54, 1.807) is 0 Å². The monoisotopic (exact) mass is 152 g/mol. The van der Waals surface area contributed by atoms with Crippen molar-refractivity contribution >= 4 is 0 Å². The third kappa shape index (κ3) is 3.38. The summed E-state index contributed by atoms with van der Waals surface area (Å²) in [7, 11) is 0. The molecule has 0 aromatic rings. The van der Waals surface area contributed by atoms with Gasteiger partial charge in [-0.3, -0.25) is 0 Å². The molecule has 0 aromatic heterocycles. The topological polar surface area (TPSA) is 35.8 Å². The van der Waals surface area contributed by atoms with Crippen molar-refractivity contribution in [3.05, 3.63) is 0 Å². The molecule has 1 N–H and O–H groups in total. The first-order valence-corrected chi connectivity index (χ1v) is 4.56. The van der Waals surface area contributed by atoms with Crippen LogP contribution in [0.15, 0.2) is 0 Å². The van der Waals surface area contributed by atoms with Crippen molar-refractivity contribution in [2.75, 3.05) is 6.54 Å². The lowest BCUT2D eigenvalue weighted by atomic mass is 10.1. The first-order chi connectivity index (χ1) is 5.43. The molecule has 1 atom stereocenters. The average molecular weight is 152 g/mol. The van der Waals surface area contributed by atoms with Gasteiger partial charge >= 0.3 is 0 Å². The highest BCUT2D eigenvalue weighted by Crippen LogP contribution is 2.09. The summed E-state index contributed by atoms with van der Waals surface area (Å²) in [6.45, 7) is 1.03. The first-order valence-electron chi connectivity index (χ1n) is 4.56. The number of hydrogen-bond donors (Lipinski definition) is 1. The highest BCUT2D eigenvalue weighted by Gasteiger charge is 2.06. The van der Waals surface area contributed by atoms with Gasteiger partial charge in [-0.1, -0.05) is 25.7 Å². The van der Waals surface area contributed by atoms with Crippen LogP contribution in [-0.2, 0) is 0 Å². The molecule has 1 aliphatic heterocycles. The quantitative estimate of drug-likeness (QED) is 0.574. The Kier molecular flexibility index (Phi) is 4.00. The Hall–Kier alpha value is -0.550. The van der Waals surface area contributed by atoms with Gasteiger partial charge in [0.25, 0.3) is 0 Å². The summed E-state index contributed by atoms with van der Waals surface area (Å²) < 4.78 is 0. The Balaban J connectivity index is 2.26. The highest BCUT2D eigenvalue weighted by molar-refractivity contribution is 4.89. The van der Waals surface area contributed by atoms with Gasteiger partial charge < -0.3 is 5.32 Å². The second kappa shape index (κ2) is 5.15. The summed E-state index contributed by atoms with van der Waals surface area (Å²) >= 11 is 0. The molecule has 1 fully saturated rings. The summed E-state index contributed by atoms with van der Waals surface area (Å²) in [5.41, 5.74) is 0. The zero-order valence-electron chi connectivity index (χ0n) is 6.97. The average Bonchev–Trinajstić information content (AvgIpc) is 2.16. The molecule has 0 bridgehead atoms. The van der Waals surface area contributed by atoms with Crippen molar-refractivity contribution in [1.29, 1.82) is 5.26 Å². The van der Waals surface area contributed by atoms with Crippen LogP contribution in [0.1, 0.15) is 38.5 Å². The Bertz CT molecular complexity index is 127. The van der Waals surface area contributed by atoms with E-state index in [0.717, 1.165) is 13.0 Å². The SMILES string of the molecule is N#CC1CCCCCCCN1. The van der Waals surface area contributed by atoms with Crippen molar-refractivity contribution in [3.63, 3.8) is 0 Å². The van der Waals surface area contributed by atoms with E-state index in [1.807, 2.05) is 0 Å². The molecule has 62 valence electrons. The van der Waals surface area contributed by atoms with Crippen molar-refractivity contribution in [2.45, 2.75) is 44.6 Å². The van der Waals surface area contributed by atoms with Crippen LogP contribution in [-0.4, -0.2) is 12.6 Å². The van der Waals surface area contributed by atoms with Gasteiger partial charge in [0.1, 0.15) is 0 Å². The molecule has 0 radical (unpaired) electrons. The van der Waals surface area contributed by atoms with E-state index in [-0.39, 0.29) is 6.04 Å². The fraction of sp³-hybridized carbons (Fsp3) is 0.889. The van der Waals surface area contributed by atoms with Crippen LogP contribution >= 0.6 is 0 Å². The largest absolute Gasteiger partial charge is 0.302 e. The zero-order valence-corrected chi connectivity index (χ0v) is 6.97. The molecule has 0 aliphatic carbocycles. The molecular weight excluding hydrogens is 136 g/mol. The van der Waals surface area contributed by atoms with E-state index >= 15 is 0 Å². The Morgan fingerprint density at radius 1 is 1.09 bits per heavy atom. The molecule has 1 aliphatic rings. The molecule has 0 aromatic carbocycles. The summed E-state index contributed by atoms with van der Waals surface area (Å²) in [5, 5.41) is 11.9. The molecule has 1 rings (SSSR count). The smallest absolute Gasteiger partial charge is 0.0952 e. The van der Waals surface area contributed by atoms with Gasteiger partial charge in [0.05, 0.1) is 12.1 Å².